The van der Waals surface area contributed by atoms with E-state index < -0.39 is 11.5 Å². The number of carbonyl (C=O) groups is 2. The van der Waals surface area contributed by atoms with Gasteiger partial charge in [0, 0.05) is 34.3 Å². The van der Waals surface area contributed by atoms with Crippen molar-refractivity contribution in [2.24, 2.45) is 0 Å². The lowest BCUT2D eigenvalue weighted by molar-refractivity contribution is 0.0942. The second-order valence-corrected chi connectivity index (χ2v) is 11.5. The first-order chi connectivity index (χ1) is 21.9. The number of nitrogens with zero attached hydrogens (tertiary/aromatic N) is 6. The zero-order valence-electron chi connectivity index (χ0n) is 23.8. The van der Waals surface area contributed by atoms with Gasteiger partial charge in [0.25, 0.3) is 11.5 Å². The van der Waals surface area contributed by atoms with Gasteiger partial charge in [-0.15, -0.1) is 11.3 Å². The van der Waals surface area contributed by atoms with Crippen molar-refractivity contribution >= 4 is 40.4 Å². The number of pyridine rings is 2. The topological polar surface area (TPSA) is 134 Å². The molecule has 5 heterocycles. The number of methoxy groups -OCH3 is 1. The number of carbonyl (C=O) groups excluding carboxylic acids is 2. The predicted octanol–water partition coefficient (Wildman–Crippen LogP) is 5.47. The Morgan fingerprint density at radius 2 is 1.80 bits per heavy atom. The second-order valence-electron chi connectivity index (χ2n) is 9.68. The third-order valence-corrected chi connectivity index (χ3v) is 8.12. The molecular formula is C32H24ClN7O4S. The summed E-state index contributed by atoms with van der Waals surface area (Å²) in [6.07, 6.45) is 4.36. The minimum absolute atomic E-state index is 0.282. The summed E-state index contributed by atoms with van der Waals surface area (Å²) < 4.78 is 8.70. The monoisotopic (exact) mass is 637 g/mol. The van der Waals surface area contributed by atoms with E-state index in [-0.39, 0.29) is 12.3 Å². The third-order valence-electron chi connectivity index (χ3n) is 6.89. The summed E-state index contributed by atoms with van der Waals surface area (Å²) in [5, 5.41) is 15.5. The lowest BCUT2D eigenvalue weighted by Crippen LogP contribution is -2.26. The van der Waals surface area contributed by atoms with Crippen molar-refractivity contribution in [2.75, 3.05) is 12.4 Å². The number of anilines is 1. The summed E-state index contributed by atoms with van der Waals surface area (Å²) in [5.41, 5.74) is 1.88. The Morgan fingerprint density at radius 1 is 0.956 bits per heavy atom. The molecule has 224 valence electrons. The van der Waals surface area contributed by atoms with Crippen molar-refractivity contribution in [1.82, 2.24) is 29.5 Å². The molecule has 0 amide bonds. The van der Waals surface area contributed by atoms with Gasteiger partial charge in [-0.05, 0) is 48.5 Å². The minimum Gasteiger partial charge on any atom is -0.496 e. The van der Waals surface area contributed by atoms with Crippen LogP contribution in [0.3, 0.4) is 0 Å². The maximum Gasteiger partial charge on any atom is 0.283 e. The van der Waals surface area contributed by atoms with E-state index in [1.165, 1.54) is 52.2 Å². The van der Waals surface area contributed by atoms with Crippen LogP contribution in [0.25, 0.3) is 22.6 Å². The molecular weight excluding hydrogens is 614 g/mol. The van der Waals surface area contributed by atoms with Crippen LogP contribution in [-0.2, 0) is 13.1 Å². The van der Waals surface area contributed by atoms with Crippen LogP contribution in [0.4, 0.5) is 5.82 Å². The van der Waals surface area contributed by atoms with E-state index in [0.717, 1.165) is 4.88 Å². The molecule has 13 heteroatoms. The Hall–Kier alpha value is -5.46. The second kappa shape index (κ2) is 13.0. The Labute approximate surface area is 265 Å². The van der Waals surface area contributed by atoms with Gasteiger partial charge >= 0.3 is 0 Å². The lowest BCUT2D eigenvalue weighted by atomic mass is 10.1. The molecule has 1 N–H and O–H groups in total. The molecule has 6 aromatic rings. The standard InChI is InChI=1S/C32H24ClN7O4S/c1-44-27-8-3-2-6-23(27)32(43)40-29(35-18-21-9-11-28(33)45-21)16-25(38-40)22-10-12-30(42)39(31(22)24-7-4-5-14-34-24)19-26(41)20-13-15-36-37-17-20/h2-17,35H,18-19H2,1H3. The van der Waals surface area contributed by atoms with E-state index in [4.69, 9.17) is 21.4 Å². The van der Waals surface area contributed by atoms with Gasteiger partial charge in [-0.1, -0.05) is 29.8 Å². The van der Waals surface area contributed by atoms with Gasteiger partial charge in [0.1, 0.15) is 11.6 Å². The van der Waals surface area contributed by atoms with Crippen LogP contribution < -0.4 is 15.6 Å². The number of hydrogen-bond donors (Lipinski definition) is 1. The van der Waals surface area contributed by atoms with Crippen molar-refractivity contribution in [2.45, 2.75) is 13.1 Å². The van der Waals surface area contributed by atoms with E-state index in [9.17, 15) is 14.4 Å². The van der Waals surface area contributed by atoms with Crippen molar-refractivity contribution < 1.29 is 14.3 Å². The first kappa shape index (κ1) is 29.6. The summed E-state index contributed by atoms with van der Waals surface area (Å²) in [5.74, 6) is 0.0186. The highest BCUT2D eigenvalue weighted by Crippen LogP contribution is 2.32. The van der Waals surface area contributed by atoms with Crippen LogP contribution in [-0.4, -0.2) is 48.3 Å². The number of benzene rings is 1. The largest absolute Gasteiger partial charge is 0.496 e. The first-order valence-electron chi connectivity index (χ1n) is 13.6. The minimum atomic E-state index is -0.432. The average molecular weight is 638 g/mol. The molecule has 0 saturated carbocycles. The molecule has 5 aromatic heterocycles. The number of hydrogen-bond acceptors (Lipinski definition) is 10. The Balaban J connectivity index is 1.50. The third kappa shape index (κ3) is 6.28. The highest BCUT2D eigenvalue weighted by Gasteiger charge is 2.24. The number of thiophene rings is 1. The summed E-state index contributed by atoms with van der Waals surface area (Å²) in [7, 11) is 1.49. The number of para-hydroxylation sites is 1. The Bertz CT molecular complexity index is 2060. The van der Waals surface area contributed by atoms with Crippen LogP contribution in [0.2, 0.25) is 4.34 Å². The lowest BCUT2D eigenvalue weighted by Gasteiger charge is -2.15. The summed E-state index contributed by atoms with van der Waals surface area (Å²) in [6, 6.07) is 22.1. The predicted molar refractivity (Wildman–Crippen MR) is 171 cm³/mol. The first-order valence-corrected chi connectivity index (χ1v) is 14.8. The van der Waals surface area contributed by atoms with Crippen LogP contribution in [0.15, 0.2) is 102 Å². The van der Waals surface area contributed by atoms with Crippen molar-refractivity contribution in [3.8, 4) is 28.4 Å². The smallest absolute Gasteiger partial charge is 0.283 e. The fourth-order valence-electron chi connectivity index (χ4n) is 4.77. The molecule has 11 nitrogen and oxygen atoms in total. The van der Waals surface area contributed by atoms with Crippen LogP contribution in [0, 0.1) is 0 Å². The van der Waals surface area contributed by atoms with E-state index in [2.05, 4.69) is 20.5 Å². The molecule has 0 radical (unpaired) electrons. The van der Waals surface area contributed by atoms with E-state index in [1.54, 1.807) is 66.9 Å². The van der Waals surface area contributed by atoms with E-state index in [1.807, 2.05) is 6.07 Å². The van der Waals surface area contributed by atoms with Gasteiger partial charge in [0.2, 0.25) is 0 Å². The van der Waals surface area contributed by atoms with Gasteiger partial charge in [0.05, 0.1) is 59.6 Å². The molecule has 0 aliphatic carbocycles. The number of ether oxygens (including phenoxy) is 1. The molecule has 6 rings (SSSR count). The number of aromatic nitrogens is 6. The molecule has 0 aliphatic heterocycles. The van der Waals surface area contributed by atoms with Crippen LogP contribution in [0.1, 0.15) is 25.6 Å². The van der Waals surface area contributed by atoms with Crippen LogP contribution in [0.5, 0.6) is 5.75 Å². The molecule has 0 unspecified atom stereocenters. The number of Topliss-reactive ketones (excluding diaryl/α,β-unsaturated/α-hetero) is 1. The highest BCUT2D eigenvalue weighted by molar-refractivity contribution is 7.16. The van der Waals surface area contributed by atoms with Gasteiger partial charge < -0.3 is 10.1 Å². The quantitative estimate of drug-likeness (QED) is 0.194. The molecule has 0 atom stereocenters. The van der Waals surface area contributed by atoms with E-state index >= 15 is 0 Å². The number of halogens is 1. The molecule has 0 bridgehead atoms. The van der Waals surface area contributed by atoms with Crippen molar-refractivity contribution in [1.29, 1.82) is 0 Å². The van der Waals surface area contributed by atoms with E-state index in [0.29, 0.717) is 56.2 Å². The van der Waals surface area contributed by atoms with Gasteiger partial charge in [-0.2, -0.15) is 20.0 Å². The highest BCUT2D eigenvalue weighted by atomic mass is 35.5. The van der Waals surface area contributed by atoms with Crippen molar-refractivity contribution in [3.05, 3.63) is 128 Å². The fraction of sp³-hybridized carbons (Fsp3) is 0.0938. The van der Waals surface area contributed by atoms with Crippen LogP contribution >= 0.6 is 22.9 Å². The fourth-order valence-corrected chi connectivity index (χ4v) is 5.79. The Morgan fingerprint density at radius 3 is 2.53 bits per heavy atom. The maximum absolute atomic E-state index is 13.9. The number of nitrogens with one attached hydrogen (secondary N) is 1. The Kier molecular flexibility index (Phi) is 8.58. The summed E-state index contributed by atoms with van der Waals surface area (Å²) in [6.45, 7) is 0.0954. The average Bonchev–Trinajstić information content (AvgIpc) is 3.70. The molecule has 1 aromatic carbocycles. The zero-order chi connectivity index (χ0) is 31.3. The van der Waals surface area contributed by atoms with Gasteiger partial charge in [0.15, 0.2) is 5.78 Å². The normalized spacial score (nSPS) is 10.9. The molecule has 0 saturated heterocycles. The molecule has 0 aliphatic rings. The zero-order valence-corrected chi connectivity index (χ0v) is 25.3. The summed E-state index contributed by atoms with van der Waals surface area (Å²) >= 11 is 7.56. The molecule has 45 heavy (non-hydrogen) atoms. The summed E-state index contributed by atoms with van der Waals surface area (Å²) in [4.78, 5) is 45.9. The van der Waals surface area contributed by atoms with Gasteiger partial charge in [-0.3, -0.25) is 23.9 Å². The molecule has 0 spiro atoms. The maximum atomic E-state index is 13.9. The van der Waals surface area contributed by atoms with Gasteiger partial charge in [-0.25, -0.2) is 0 Å². The van der Waals surface area contributed by atoms with Crippen molar-refractivity contribution in [3.63, 3.8) is 0 Å². The molecule has 0 fully saturated rings. The number of ketones is 1. The SMILES string of the molecule is COc1ccccc1C(=O)n1nc(-c2ccc(=O)n(CC(=O)c3ccnnc3)c2-c2ccccn2)cc1NCc1ccc(Cl)s1. The number of rotatable bonds is 10.